The standard InChI is InChI=1S/C14H18BF2NO2/c1-12(2)13(3,4)20-15(19-12)11-6-5-9(8-18-11)10-7-14(10,16)17/h5-6,8,10H,7H2,1-4H3. The van der Waals surface area contributed by atoms with E-state index in [0.717, 1.165) is 0 Å². The van der Waals surface area contributed by atoms with Crippen LogP contribution in [0, 0.1) is 0 Å². The van der Waals surface area contributed by atoms with Crippen molar-refractivity contribution in [1.82, 2.24) is 4.98 Å². The molecule has 20 heavy (non-hydrogen) atoms. The zero-order valence-corrected chi connectivity index (χ0v) is 12.1. The summed E-state index contributed by atoms with van der Waals surface area (Å²) in [5.41, 5.74) is 0.343. The van der Waals surface area contributed by atoms with E-state index in [1.165, 1.54) is 6.20 Å². The number of rotatable bonds is 2. The van der Waals surface area contributed by atoms with Crippen LogP contribution in [0.1, 0.15) is 45.6 Å². The average Bonchev–Trinajstić information content (AvgIpc) is 2.90. The number of pyridine rings is 1. The van der Waals surface area contributed by atoms with Crippen LogP contribution in [0.25, 0.3) is 0 Å². The summed E-state index contributed by atoms with van der Waals surface area (Å²) in [4.78, 5) is 4.24. The smallest absolute Gasteiger partial charge is 0.398 e. The van der Waals surface area contributed by atoms with E-state index >= 15 is 0 Å². The Kier molecular flexibility index (Phi) is 2.80. The van der Waals surface area contributed by atoms with Crippen molar-refractivity contribution in [3.8, 4) is 0 Å². The molecule has 108 valence electrons. The van der Waals surface area contributed by atoms with Crippen LogP contribution in [0.5, 0.6) is 0 Å². The van der Waals surface area contributed by atoms with Gasteiger partial charge in [0.1, 0.15) is 0 Å². The summed E-state index contributed by atoms with van der Waals surface area (Å²) in [7, 11) is -0.547. The summed E-state index contributed by atoms with van der Waals surface area (Å²) in [5, 5.41) is 0. The highest BCUT2D eigenvalue weighted by atomic mass is 19.3. The van der Waals surface area contributed by atoms with Crippen molar-refractivity contribution in [1.29, 1.82) is 0 Å². The van der Waals surface area contributed by atoms with Gasteiger partial charge in [0, 0.05) is 12.6 Å². The molecule has 1 aliphatic carbocycles. The van der Waals surface area contributed by atoms with E-state index in [1.54, 1.807) is 12.1 Å². The van der Waals surface area contributed by atoms with E-state index in [2.05, 4.69) is 4.98 Å². The molecule has 3 rings (SSSR count). The molecule has 1 atom stereocenters. The molecular weight excluding hydrogens is 263 g/mol. The lowest BCUT2D eigenvalue weighted by atomic mass is 9.84. The Labute approximate surface area is 117 Å². The molecule has 0 N–H and O–H groups in total. The molecule has 1 aliphatic heterocycles. The first-order chi connectivity index (χ1) is 9.12. The zero-order chi connectivity index (χ0) is 14.8. The first kappa shape index (κ1) is 14.0. The van der Waals surface area contributed by atoms with Crippen LogP contribution in [0.4, 0.5) is 8.78 Å². The first-order valence-electron chi connectivity index (χ1n) is 6.82. The molecule has 1 aromatic rings. The first-order valence-corrected chi connectivity index (χ1v) is 6.82. The summed E-state index contributed by atoms with van der Waals surface area (Å²) in [6.07, 6.45) is 1.43. The van der Waals surface area contributed by atoms with E-state index < -0.39 is 30.2 Å². The van der Waals surface area contributed by atoms with Gasteiger partial charge in [-0.3, -0.25) is 4.98 Å². The maximum Gasteiger partial charge on any atom is 0.514 e. The van der Waals surface area contributed by atoms with Crippen LogP contribution < -0.4 is 5.59 Å². The molecule has 6 heteroatoms. The molecule has 3 nitrogen and oxygen atoms in total. The minimum atomic E-state index is -2.56. The maximum absolute atomic E-state index is 13.0. The van der Waals surface area contributed by atoms with Crippen molar-refractivity contribution in [3.63, 3.8) is 0 Å². The number of halogens is 2. The van der Waals surface area contributed by atoms with Crippen LogP contribution in [-0.4, -0.2) is 29.2 Å². The van der Waals surface area contributed by atoms with Gasteiger partial charge in [0.15, 0.2) is 0 Å². The SMILES string of the molecule is CC1(C)OB(c2ccc(C3CC3(F)F)cn2)OC1(C)C. The van der Waals surface area contributed by atoms with Crippen molar-refractivity contribution < 1.29 is 18.1 Å². The van der Waals surface area contributed by atoms with E-state index in [1.807, 2.05) is 27.7 Å². The molecule has 2 fully saturated rings. The zero-order valence-electron chi connectivity index (χ0n) is 12.1. The van der Waals surface area contributed by atoms with E-state index in [9.17, 15) is 8.78 Å². The fraction of sp³-hybridized carbons (Fsp3) is 0.643. The molecular formula is C14H18BF2NO2. The number of alkyl halides is 2. The Morgan fingerprint density at radius 1 is 1.15 bits per heavy atom. The number of hydrogen-bond donors (Lipinski definition) is 0. The van der Waals surface area contributed by atoms with E-state index in [-0.39, 0.29) is 6.42 Å². The van der Waals surface area contributed by atoms with Gasteiger partial charge >= 0.3 is 7.12 Å². The molecule has 0 aromatic carbocycles. The van der Waals surface area contributed by atoms with Crippen LogP contribution in [0.15, 0.2) is 18.3 Å². The molecule has 1 saturated carbocycles. The Bertz CT molecular complexity index is 514. The minimum absolute atomic E-state index is 0.0789. The fourth-order valence-electron chi connectivity index (χ4n) is 2.30. The minimum Gasteiger partial charge on any atom is -0.398 e. The molecule has 0 amide bonds. The van der Waals surface area contributed by atoms with Gasteiger partial charge in [-0.15, -0.1) is 0 Å². The predicted octanol–water partition coefficient (Wildman–Crippen LogP) is 2.50. The fourth-order valence-corrected chi connectivity index (χ4v) is 2.30. The largest absolute Gasteiger partial charge is 0.514 e. The summed E-state index contributed by atoms with van der Waals surface area (Å²) in [5.74, 6) is -3.24. The Morgan fingerprint density at radius 3 is 2.10 bits per heavy atom. The molecule has 1 unspecified atom stereocenters. The van der Waals surface area contributed by atoms with Crippen molar-refractivity contribution >= 4 is 12.7 Å². The third kappa shape index (κ3) is 2.15. The third-order valence-electron chi connectivity index (χ3n) is 4.53. The molecule has 2 aliphatic rings. The van der Waals surface area contributed by atoms with Crippen molar-refractivity contribution in [2.75, 3.05) is 0 Å². The second-order valence-electron chi connectivity index (χ2n) is 6.62. The Balaban J connectivity index is 1.77. The van der Waals surface area contributed by atoms with Gasteiger partial charge in [0.2, 0.25) is 0 Å². The quantitative estimate of drug-likeness (QED) is 0.780. The second-order valence-corrected chi connectivity index (χ2v) is 6.62. The van der Waals surface area contributed by atoms with Gasteiger partial charge in [0.25, 0.3) is 5.92 Å². The van der Waals surface area contributed by atoms with Crippen LogP contribution in [-0.2, 0) is 9.31 Å². The monoisotopic (exact) mass is 281 g/mol. The van der Waals surface area contributed by atoms with Gasteiger partial charge in [-0.2, -0.15) is 0 Å². The lowest BCUT2D eigenvalue weighted by Crippen LogP contribution is -2.41. The summed E-state index contributed by atoms with van der Waals surface area (Å²) < 4.78 is 37.8. The van der Waals surface area contributed by atoms with Gasteiger partial charge in [-0.05, 0) is 39.3 Å². The van der Waals surface area contributed by atoms with Crippen molar-refractivity contribution in [2.24, 2.45) is 0 Å². The lowest BCUT2D eigenvalue weighted by Gasteiger charge is -2.32. The van der Waals surface area contributed by atoms with Crippen LogP contribution in [0.2, 0.25) is 0 Å². The van der Waals surface area contributed by atoms with E-state index in [0.29, 0.717) is 11.2 Å². The maximum atomic E-state index is 13.0. The molecule has 1 aromatic heterocycles. The highest BCUT2D eigenvalue weighted by Crippen LogP contribution is 2.55. The lowest BCUT2D eigenvalue weighted by molar-refractivity contribution is 0.00578. The second kappa shape index (κ2) is 4.01. The number of nitrogens with zero attached hydrogens (tertiary/aromatic N) is 1. The van der Waals surface area contributed by atoms with Gasteiger partial charge in [-0.25, -0.2) is 8.78 Å². The molecule has 1 saturated heterocycles. The van der Waals surface area contributed by atoms with Gasteiger partial charge in [-0.1, -0.05) is 6.07 Å². The van der Waals surface area contributed by atoms with Crippen LogP contribution in [0.3, 0.4) is 0 Å². The van der Waals surface area contributed by atoms with Gasteiger partial charge in [0.05, 0.1) is 22.7 Å². The summed E-state index contributed by atoms with van der Waals surface area (Å²) >= 11 is 0. The molecule has 0 spiro atoms. The van der Waals surface area contributed by atoms with Crippen molar-refractivity contribution in [2.45, 2.75) is 57.2 Å². The van der Waals surface area contributed by atoms with Crippen LogP contribution >= 0.6 is 0 Å². The normalized spacial score (nSPS) is 29.5. The Hall–Kier alpha value is -1.01. The highest BCUT2D eigenvalue weighted by molar-refractivity contribution is 6.61. The summed E-state index contributed by atoms with van der Waals surface area (Å²) in [6.45, 7) is 7.86. The molecule has 0 radical (unpaired) electrons. The molecule has 0 bridgehead atoms. The van der Waals surface area contributed by atoms with Crippen molar-refractivity contribution in [3.05, 3.63) is 23.9 Å². The van der Waals surface area contributed by atoms with Gasteiger partial charge < -0.3 is 9.31 Å². The third-order valence-corrected chi connectivity index (χ3v) is 4.53. The number of aromatic nitrogens is 1. The highest BCUT2D eigenvalue weighted by Gasteiger charge is 2.58. The Morgan fingerprint density at radius 2 is 1.70 bits per heavy atom. The average molecular weight is 281 g/mol. The number of hydrogen-bond acceptors (Lipinski definition) is 3. The topological polar surface area (TPSA) is 31.4 Å². The van der Waals surface area contributed by atoms with E-state index in [4.69, 9.17) is 9.31 Å². The summed E-state index contributed by atoms with van der Waals surface area (Å²) in [6, 6.07) is 3.41. The molecule has 2 heterocycles. The predicted molar refractivity (Wildman–Crippen MR) is 72.3 cm³/mol.